The van der Waals surface area contributed by atoms with E-state index >= 15 is 0 Å². The van der Waals surface area contributed by atoms with Crippen molar-refractivity contribution in [3.63, 3.8) is 0 Å². The maximum absolute atomic E-state index is 12.8. The van der Waals surface area contributed by atoms with Gasteiger partial charge < -0.3 is 20.7 Å². The number of carboxylic acids is 1. The Morgan fingerprint density at radius 1 is 1.33 bits per heavy atom. The number of nitrogens with one attached hydrogen (secondary N) is 1. The lowest BCUT2D eigenvalue weighted by Gasteiger charge is -2.49. The van der Waals surface area contributed by atoms with E-state index < -0.39 is 29.2 Å². The number of carboxylic acid groups (broad SMARTS) is 1. The van der Waals surface area contributed by atoms with E-state index in [-0.39, 0.29) is 28.5 Å². The Labute approximate surface area is 194 Å². The summed E-state index contributed by atoms with van der Waals surface area (Å²) in [5.41, 5.74) is 0.310. The minimum atomic E-state index is -1.24. The molecule has 1 fully saturated rings. The van der Waals surface area contributed by atoms with Crippen molar-refractivity contribution in [2.75, 3.05) is 11.5 Å². The molecule has 3 heterocycles. The van der Waals surface area contributed by atoms with Crippen LogP contribution in [0.2, 0.25) is 0 Å². The third-order valence-electron chi connectivity index (χ3n) is 4.95. The van der Waals surface area contributed by atoms with Gasteiger partial charge in [-0.1, -0.05) is 16.9 Å². The standard InChI is InChI=1S/C18H17N7O6S2/c1-24-18(20-22-23-24)33-7-9-6-32-16-12(15(28)25(16)13(9)17(29)30)19-14(27)11(21-31)8-2-4-10(26)5-3-8/h2-5,12,16,26,31H,6-7H2,1H3,(H,19,27)(H,29,30)/b21-11+. The number of carbonyl (C=O) groups excluding carboxylic acids is 2. The number of oxime groups is 1. The summed E-state index contributed by atoms with van der Waals surface area (Å²) in [4.78, 5) is 38.5. The van der Waals surface area contributed by atoms with E-state index in [0.29, 0.717) is 16.5 Å². The molecule has 0 spiro atoms. The second-order valence-electron chi connectivity index (χ2n) is 6.99. The molecular weight excluding hydrogens is 474 g/mol. The first-order valence-electron chi connectivity index (χ1n) is 9.39. The van der Waals surface area contributed by atoms with Crippen molar-refractivity contribution in [1.29, 1.82) is 0 Å². The number of amides is 2. The van der Waals surface area contributed by atoms with Crippen LogP contribution >= 0.6 is 23.5 Å². The highest BCUT2D eigenvalue weighted by Crippen LogP contribution is 2.41. The monoisotopic (exact) mass is 491 g/mol. The highest BCUT2D eigenvalue weighted by molar-refractivity contribution is 8.01. The second kappa shape index (κ2) is 9.11. The highest BCUT2D eigenvalue weighted by Gasteiger charge is 2.54. The number of aliphatic carboxylic acids is 1. The number of β-lactam (4-membered cyclic amide) rings is 1. The number of aromatic nitrogens is 4. The zero-order valence-electron chi connectivity index (χ0n) is 16.9. The summed E-state index contributed by atoms with van der Waals surface area (Å²) in [5, 5.41) is 44.9. The quantitative estimate of drug-likeness (QED) is 0.130. The topological polar surface area (TPSA) is 183 Å². The maximum Gasteiger partial charge on any atom is 0.352 e. The van der Waals surface area contributed by atoms with Crippen LogP contribution in [0.1, 0.15) is 5.56 Å². The van der Waals surface area contributed by atoms with Crippen LogP contribution < -0.4 is 5.32 Å². The van der Waals surface area contributed by atoms with Gasteiger partial charge in [0.25, 0.3) is 11.8 Å². The van der Waals surface area contributed by atoms with Crippen LogP contribution in [-0.4, -0.2) is 86.9 Å². The lowest BCUT2D eigenvalue weighted by molar-refractivity contribution is -0.150. The van der Waals surface area contributed by atoms with Gasteiger partial charge in [-0.3, -0.25) is 14.5 Å². The van der Waals surface area contributed by atoms with Gasteiger partial charge in [-0.2, -0.15) is 0 Å². The van der Waals surface area contributed by atoms with Gasteiger partial charge in [0.05, 0.1) is 0 Å². The van der Waals surface area contributed by atoms with Gasteiger partial charge in [0.1, 0.15) is 22.9 Å². The van der Waals surface area contributed by atoms with Crippen molar-refractivity contribution in [2.24, 2.45) is 12.2 Å². The number of tetrazole rings is 1. The molecule has 2 atom stereocenters. The van der Waals surface area contributed by atoms with Crippen molar-refractivity contribution in [2.45, 2.75) is 16.6 Å². The minimum absolute atomic E-state index is 0.0303. The van der Waals surface area contributed by atoms with Crippen molar-refractivity contribution in [1.82, 2.24) is 30.4 Å². The molecule has 172 valence electrons. The average molecular weight is 492 g/mol. The fraction of sp³-hybridized carbons (Fsp3) is 0.278. The Bertz CT molecular complexity index is 1180. The van der Waals surface area contributed by atoms with Crippen LogP contribution in [0.3, 0.4) is 0 Å². The zero-order valence-corrected chi connectivity index (χ0v) is 18.6. The lowest BCUT2D eigenvalue weighted by Crippen LogP contribution is -2.71. The molecule has 0 aliphatic carbocycles. The number of thioether (sulfide) groups is 2. The molecule has 2 amide bonds. The maximum atomic E-state index is 12.8. The molecule has 2 unspecified atom stereocenters. The summed E-state index contributed by atoms with van der Waals surface area (Å²) in [6, 6.07) is 4.43. The van der Waals surface area contributed by atoms with Crippen molar-refractivity contribution < 1.29 is 29.8 Å². The summed E-state index contributed by atoms with van der Waals surface area (Å²) in [5.74, 6) is -2.05. The van der Waals surface area contributed by atoms with Crippen LogP contribution in [-0.2, 0) is 21.4 Å². The molecule has 2 aliphatic heterocycles. The average Bonchev–Trinajstić information content (AvgIpc) is 3.21. The minimum Gasteiger partial charge on any atom is -0.508 e. The smallest absolute Gasteiger partial charge is 0.352 e. The summed E-state index contributed by atoms with van der Waals surface area (Å²) in [6.07, 6.45) is 0. The Morgan fingerprint density at radius 3 is 2.67 bits per heavy atom. The number of hydrogen-bond acceptors (Lipinski definition) is 11. The predicted octanol–water partition coefficient (Wildman–Crippen LogP) is -0.375. The van der Waals surface area contributed by atoms with Gasteiger partial charge in [-0.05, 0) is 40.3 Å². The van der Waals surface area contributed by atoms with E-state index in [1.165, 1.54) is 52.5 Å². The predicted molar refractivity (Wildman–Crippen MR) is 116 cm³/mol. The van der Waals surface area contributed by atoms with E-state index in [0.717, 1.165) is 4.90 Å². The Kier molecular flexibility index (Phi) is 6.24. The molecule has 0 saturated carbocycles. The van der Waals surface area contributed by atoms with Gasteiger partial charge in [0, 0.05) is 24.1 Å². The number of hydrogen-bond donors (Lipinski definition) is 4. The van der Waals surface area contributed by atoms with Crippen LogP contribution in [0, 0.1) is 0 Å². The first-order valence-corrected chi connectivity index (χ1v) is 11.4. The zero-order chi connectivity index (χ0) is 23.7. The molecule has 1 aromatic heterocycles. The van der Waals surface area contributed by atoms with E-state index in [1.54, 1.807) is 7.05 Å². The second-order valence-corrected chi connectivity index (χ2v) is 9.03. The number of carbonyl (C=O) groups is 3. The van der Waals surface area contributed by atoms with Gasteiger partial charge in [0.2, 0.25) is 5.16 Å². The number of rotatable bonds is 7. The number of fused-ring (bicyclic) bond motifs is 1. The molecule has 4 N–H and O–H groups in total. The van der Waals surface area contributed by atoms with Crippen LogP contribution in [0.25, 0.3) is 0 Å². The summed E-state index contributed by atoms with van der Waals surface area (Å²) < 4.78 is 1.46. The Hall–Kier alpha value is -3.59. The van der Waals surface area contributed by atoms with Crippen LogP contribution in [0.15, 0.2) is 45.8 Å². The molecule has 2 aromatic rings. The van der Waals surface area contributed by atoms with Crippen molar-refractivity contribution >= 4 is 47.0 Å². The number of aromatic hydroxyl groups is 1. The molecule has 15 heteroatoms. The van der Waals surface area contributed by atoms with Gasteiger partial charge in [0.15, 0.2) is 5.71 Å². The number of phenolic OH excluding ortho intramolecular Hbond substituents is 1. The van der Waals surface area contributed by atoms with E-state index in [2.05, 4.69) is 26.0 Å². The summed E-state index contributed by atoms with van der Waals surface area (Å²) in [6.45, 7) is 0. The van der Waals surface area contributed by atoms with Gasteiger partial charge in [-0.25, -0.2) is 9.48 Å². The van der Waals surface area contributed by atoms with E-state index in [1.807, 2.05) is 0 Å². The van der Waals surface area contributed by atoms with Crippen LogP contribution in [0.4, 0.5) is 0 Å². The van der Waals surface area contributed by atoms with Crippen LogP contribution in [0.5, 0.6) is 5.75 Å². The fourth-order valence-electron chi connectivity index (χ4n) is 3.35. The summed E-state index contributed by atoms with van der Waals surface area (Å²) >= 11 is 2.57. The third kappa shape index (κ3) is 4.23. The van der Waals surface area contributed by atoms with Gasteiger partial charge in [-0.15, -0.1) is 16.9 Å². The molecule has 2 aliphatic rings. The molecule has 0 radical (unpaired) electrons. The third-order valence-corrected chi connectivity index (χ3v) is 7.39. The number of aryl methyl sites for hydroxylation is 1. The first kappa shape index (κ1) is 22.6. The largest absolute Gasteiger partial charge is 0.508 e. The SMILES string of the molecule is Cn1nnnc1SCC1=C(C(=O)O)N2C(=O)C(NC(=O)/C(=N/O)c3ccc(O)cc3)C2SC1. The molecule has 33 heavy (non-hydrogen) atoms. The Morgan fingerprint density at radius 2 is 2.06 bits per heavy atom. The van der Waals surface area contributed by atoms with E-state index in [4.69, 9.17) is 0 Å². The lowest BCUT2D eigenvalue weighted by atomic mass is 10.0. The van der Waals surface area contributed by atoms with E-state index in [9.17, 15) is 29.8 Å². The normalized spacial score (nSPS) is 20.3. The number of benzene rings is 1. The molecule has 4 rings (SSSR count). The molecule has 1 saturated heterocycles. The summed E-state index contributed by atoms with van der Waals surface area (Å²) in [7, 11) is 1.66. The number of phenols is 1. The van der Waals surface area contributed by atoms with Gasteiger partial charge >= 0.3 is 5.97 Å². The highest BCUT2D eigenvalue weighted by atomic mass is 32.2. The molecule has 1 aromatic carbocycles. The molecular formula is C18H17N7O6S2. The number of nitrogens with zero attached hydrogens (tertiary/aromatic N) is 6. The molecule has 0 bridgehead atoms. The Balaban J connectivity index is 1.48. The van der Waals surface area contributed by atoms with Crippen molar-refractivity contribution in [3.8, 4) is 5.75 Å². The fourth-order valence-corrected chi connectivity index (χ4v) is 5.69. The van der Waals surface area contributed by atoms with Crippen molar-refractivity contribution in [3.05, 3.63) is 41.1 Å². The molecule has 13 nitrogen and oxygen atoms in total. The first-order chi connectivity index (χ1) is 15.8.